The lowest BCUT2D eigenvalue weighted by Gasteiger charge is -2.34. The Morgan fingerprint density at radius 1 is 1.14 bits per heavy atom. The lowest BCUT2D eigenvalue weighted by Crippen LogP contribution is -2.41. The molecule has 4 nitrogen and oxygen atoms in total. The van der Waals surface area contributed by atoms with Gasteiger partial charge in [-0.05, 0) is 43.1 Å². The molecule has 2 fully saturated rings. The van der Waals surface area contributed by atoms with Crippen LogP contribution in [0.25, 0.3) is 11.1 Å². The normalized spacial score (nSPS) is 23.1. The SMILES string of the molecule is Cc1cccc(-c2cnc(C)nc2C2CCCN(C(=O)C3C(C)(C)C3(C)C)C2)c1. The number of amides is 1. The Balaban J connectivity index is 1.62. The Kier molecular flexibility index (Phi) is 4.79. The van der Waals surface area contributed by atoms with Gasteiger partial charge >= 0.3 is 0 Å². The maximum atomic E-state index is 13.3. The van der Waals surface area contributed by atoms with Gasteiger partial charge in [0.15, 0.2) is 0 Å². The van der Waals surface area contributed by atoms with Crippen molar-refractivity contribution in [3.05, 3.63) is 47.5 Å². The van der Waals surface area contributed by atoms with Crippen molar-refractivity contribution in [1.82, 2.24) is 14.9 Å². The molecule has 1 unspecified atom stereocenters. The fourth-order valence-corrected chi connectivity index (χ4v) is 5.23. The summed E-state index contributed by atoms with van der Waals surface area (Å²) < 4.78 is 0. The number of hydrogen-bond donors (Lipinski definition) is 0. The molecule has 4 rings (SSSR count). The third-order valence-electron chi connectivity index (χ3n) is 7.66. The van der Waals surface area contributed by atoms with Gasteiger partial charge < -0.3 is 4.90 Å². The molecule has 1 amide bonds. The molecular formula is C25H33N3O. The first-order valence-corrected chi connectivity index (χ1v) is 10.8. The Morgan fingerprint density at radius 3 is 2.52 bits per heavy atom. The number of benzene rings is 1. The van der Waals surface area contributed by atoms with Crippen molar-refractivity contribution in [2.24, 2.45) is 16.7 Å². The van der Waals surface area contributed by atoms with Gasteiger partial charge in [-0.2, -0.15) is 0 Å². The molecule has 0 radical (unpaired) electrons. The van der Waals surface area contributed by atoms with Gasteiger partial charge in [-0.3, -0.25) is 4.79 Å². The van der Waals surface area contributed by atoms with E-state index < -0.39 is 0 Å². The van der Waals surface area contributed by atoms with Crippen molar-refractivity contribution in [2.45, 2.75) is 60.3 Å². The summed E-state index contributed by atoms with van der Waals surface area (Å²) in [6, 6.07) is 8.52. The quantitative estimate of drug-likeness (QED) is 0.727. The van der Waals surface area contributed by atoms with Crippen LogP contribution in [0.3, 0.4) is 0 Å². The number of hydrogen-bond acceptors (Lipinski definition) is 3. The molecule has 2 heterocycles. The van der Waals surface area contributed by atoms with Crippen molar-refractivity contribution in [2.75, 3.05) is 13.1 Å². The molecule has 4 heteroatoms. The van der Waals surface area contributed by atoms with Crippen LogP contribution in [0, 0.1) is 30.6 Å². The smallest absolute Gasteiger partial charge is 0.226 e. The lowest BCUT2D eigenvalue weighted by molar-refractivity contribution is -0.135. The molecule has 0 N–H and O–H groups in total. The molecule has 0 bridgehead atoms. The Labute approximate surface area is 174 Å². The standard InChI is InChI=1S/C25H33N3O/c1-16-9-7-10-18(13-16)20-14-26-17(2)27-21(20)19-11-8-12-28(15-19)23(29)22-24(3,4)25(22,5)6/h7,9-10,13-14,19,22H,8,11-12,15H2,1-6H3. The van der Waals surface area contributed by atoms with Crippen LogP contribution in [-0.4, -0.2) is 33.9 Å². The second-order valence-corrected chi connectivity index (χ2v) is 10.1. The van der Waals surface area contributed by atoms with Gasteiger partial charge in [0.25, 0.3) is 0 Å². The highest BCUT2D eigenvalue weighted by Crippen LogP contribution is 2.68. The van der Waals surface area contributed by atoms with Gasteiger partial charge in [-0.15, -0.1) is 0 Å². The summed E-state index contributed by atoms with van der Waals surface area (Å²) in [6.45, 7) is 14.6. The van der Waals surface area contributed by atoms with E-state index in [0.717, 1.165) is 48.6 Å². The van der Waals surface area contributed by atoms with E-state index in [1.165, 1.54) is 5.56 Å². The van der Waals surface area contributed by atoms with Crippen LogP contribution in [0.2, 0.25) is 0 Å². The first-order chi connectivity index (χ1) is 13.6. The molecule has 0 spiro atoms. The molecule has 2 aromatic rings. The van der Waals surface area contributed by atoms with Crippen LogP contribution in [0.4, 0.5) is 0 Å². The van der Waals surface area contributed by atoms with E-state index in [1.54, 1.807) is 0 Å². The summed E-state index contributed by atoms with van der Waals surface area (Å²) in [4.78, 5) is 24.8. The minimum absolute atomic E-state index is 0.0786. The highest BCUT2D eigenvalue weighted by Gasteiger charge is 2.68. The van der Waals surface area contributed by atoms with Gasteiger partial charge in [0.1, 0.15) is 5.82 Å². The lowest BCUT2D eigenvalue weighted by atomic mass is 9.89. The average Bonchev–Trinajstić information content (AvgIpc) is 3.09. The minimum atomic E-state index is 0.0786. The van der Waals surface area contributed by atoms with Crippen molar-refractivity contribution >= 4 is 5.91 Å². The second-order valence-electron chi connectivity index (χ2n) is 10.1. The van der Waals surface area contributed by atoms with Crippen LogP contribution in [-0.2, 0) is 4.79 Å². The van der Waals surface area contributed by atoms with Crippen LogP contribution in [0.1, 0.15) is 63.5 Å². The molecule has 2 aliphatic rings. The molecule has 1 atom stereocenters. The first-order valence-electron chi connectivity index (χ1n) is 10.8. The number of aromatic nitrogens is 2. The van der Waals surface area contributed by atoms with Crippen molar-refractivity contribution in [3.63, 3.8) is 0 Å². The predicted molar refractivity (Wildman–Crippen MR) is 117 cm³/mol. The van der Waals surface area contributed by atoms with Crippen molar-refractivity contribution in [1.29, 1.82) is 0 Å². The fourth-order valence-electron chi connectivity index (χ4n) is 5.23. The van der Waals surface area contributed by atoms with Crippen LogP contribution in [0.15, 0.2) is 30.5 Å². The van der Waals surface area contributed by atoms with Crippen molar-refractivity contribution in [3.8, 4) is 11.1 Å². The van der Waals surface area contributed by atoms with Gasteiger partial charge in [0.2, 0.25) is 5.91 Å². The van der Waals surface area contributed by atoms with E-state index in [1.807, 2.05) is 13.1 Å². The second kappa shape index (κ2) is 6.93. The maximum absolute atomic E-state index is 13.3. The summed E-state index contributed by atoms with van der Waals surface area (Å²) in [5.41, 5.74) is 4.74. The van der Waals surface area contributed by atoms with E-state index in [2.05, 4.69) is 68.8 Å². The number of likely N-dealkylation sites (tertiary alicyclic amines) is 1. The average molecular weight is 392 g/mol. The number of rotatable bonds is 3. The summed E-state index contributed by atoms with van der Waals surface area (Å²) in [6.07, 6.45) is 4.05. The fraction of sp³-hybridized carbons (Fsp3) is 0.560. The van der Waals surface area contributed by atoms with E-state index in [9.17, 15) is 4.79 Å². The Hall–Kier alpha value is -2.23. The zero-order chi connectivity index (χ0) is 21.0. The largest absolute Gasteiger partial charge is 0.342 e. The molecule has 1 aromatic heterocycles. The molecule has 1 aliphatic heterocycles. The summed E-state index contributed by atoms with van der Waals surface area (Å²) in [5.74, 6) is 1.50. The monoisotopic (exact) mass is 391 g/mol. The maximum Gasteiger partial charge on any atom is 0.226 e. The van der Waals surface area contributed by atoms with Crippen LogP contribution < -0.4 is 0 Å². The summed E-state index contributed by atoms with van der Waals surface area (Å²) in [5, 5.41) is 0. The third kappa shape index (κ3) is 3.37. The van der Waals surface area contributed by atoms with E-state index in [-0.39, 0.29) is 22.7 Å². The topological polar surface area (TPSA) is 46.1 Å². The van der Waals surface area contributed by atoms with Gasteiger partial charge in [-0.1, -0.05) is 57.5 Å². The third-order valence-corrected chi connectivity index (χ3v) is 7.66. The summed E-state index contributed by atoms with van der Waals surface area (Å²) in [7, 11) is 0. The number of aryl methyl sites for hydroxylation is 2. The van der Waals surface area contributed by atoms with Crippen LogP contribution in [0.5, 0.6) is 0 Å². The molecular weight excluding hydrogens is 358 g/mol. The number of nitrogens with zero attached hydrogens (tertiary/aromatic N) is 3. The van der Waals surface area contributed by atoms with Crippen molar-refractivity contribution < 1.29 is 4.79 Å². The molecule has 1 saturated heterocycles. The Morgan fingerprint density at radius 2 is 1.86 bits per heavy atom. The number of carbonyl (C=O) groups is 1. The zero-order valence-electron chi connectivity index (χ0n) is 18.6. The van der Waals surface area contributed by atoms with E-state index in [0.29, 0.717) is 5.91 Å². The van der Waals surface area contributed by atoms with Crippen LogP contribution >= 0.6 is 0 Å². The molecule has 29 heavy (non-hydrogen) atoms. The van der Waals surface area contributed by atoms with Gasteiger partial charge in [-0.25, -0.2) is 9.97 Å². The number of piperidine rings is 1. The molecule has 154 valence electrons. The Bertz CT molecular complexity index is 933. The predicted octanol–water partition coefficient (Wildman–Crippen LogP) is 5.15. The van der Waals surface area contributed by atoms with E-state index in [4.69, 9.17) is 4.98 Å². The molecule has 1 saturated carbocycles. The van der Waals surface area contributed by atoms with Gasteiger partial charge in [0.05, 0.1) is 5.69 Å². The van der Waals surface area contributed by atoms with Gasteiger partial charge in [0, 0.05) is 36.7 Å². The highest BCUT2D eigenvalue weighted by atomic mass is 16.2. The molecule has 1 aliphatic carbocycles. The minimum Gasteiger partial charge on any atom is -0.342 e. The summed E-state index contributed by atoms with van der Waals surface area (Å²) >= 11 is 0. The molecule has 1 aromatic carbocycles. The zero-order valence-corrected chi connectivity index (χ0v) is 18.6. The highest BCUT2D eigenvalue weighted by molar-refractivity contribution is 5.84. The number of carbonyl (C=O) groups excluding carboxylic acids is 1. The first kappa shape index (κ1) is 20.1. The van der Waals surface area contributed by atoms with E-state index >= 15 is 0 Å².